The first-order chi connectivity index (χ1) is 12.8. The minimum atomic E-state index is -1.09. The van der Waals surface area contributed by atoms with Gasteiger partial charge in [0.2, 0.25) is 0 Å². The molecule has 140 valence electrons. The summed E-state index contributed by atoms with van der Waals surface area (Å²) in [4.78, 5) is 16.3. The van der Waals surface area contributed by atoms with Gasteiger partial charge in [-0.05, 0) is 53.8 Å². The van der Waals surface area contributed by atoms with E-state index in [9.17, 15) is 9.90 Å². The Morgan fingerprint density at radius 1 is 1.22 bits per heavy atom. The van der Waals surface area contributed by atoms with Gasteiger partial charge in [0.25, 0.3) is 0 Å². The Hall–Kier alpha value is -2.30. The number of halogens is 2. The summed E-state index contributed by atoms with van der Waals surface area (Å²) in [6.45, 7) is 6.33. The molecule has 0 unspecified atom stereocenters. The summed E-state index contributed by atoms with van der Waals surface area (Å²) in [7, 11) is 0. The van der Waals surface area contributed by atoms with Crippen molar-refractivity contribution in [3.05, 3.63) is 57.7 Å². The first-order valence-electron chi connectivity index (χ1n) is 8.62. The molecule has 0 aliphatic carbocycles. The minimum absolute atomic E-state index is 0.00136. The lowest BCUT2D eigenvalue weighted by molar-refractivity contribution is 0.0689. The summed E-state index contributed by atoms with van der Waals surface area (Å²) >= 11 is 12.6. The Morgan fingerprint density at radius 2 is 1.96 bits per heavy atom. The zero-order valence-corrected chi connectivity index (χ0v) is 16.7. The summed E-state index contributed by atoms with van der Waals surface area (Å²) in [5.41, 5.74) is 2.65. The predicted octanol–water partition coefficient (Wildman–Crippen LogP) is 6.43. The van der Waals surface area contributed by atoms with E-state index in [1.807, 2.05) is 45.0 Å². The molecule has 27 heavy (non-hydrogen) atoms. The van der Waals surface area contributed by atoms with Crippen LogP contribution in [0.5, 0.6) is 5.75 Å². The maximum Gasteiger partial charge on any atom is 0.354 e. The third kappa shape index (κ3) is 3.73. The number of hydrogen-bond acceptors (Lipinski definition) is 3. The van der Waals surface area contributed by atoms with E-state index in [0.717, 1.165) is 16.5 Å². The number of benzene rings is 2. The molecule has 4 nitrogen and oxygen atoms in total. The summed E-state index contributed by atoms with van der Waals surface area (Å²) in [5, 5.41) is 11.3. The molecule has 0 radical (unpaired) electrons. The molecule has 0 spiro atoms. The zero-order valence-electron chi connectivity index (χ0n) is 15.2. The standard InChI is InChI=1S/C21H19Cl2NO3/c1-4-27-14-7-5-6-12(8-14)18-15-9-13(22)10-16(23)19(15)24-20(21(25)26)17(18)11(2)3/h5-11H,4H2,1-3H3,(H,25,26). The second-order valence-corrected chi connectivity index (χ2v) is 7.30. The topological polar surface area (TPSA) is 59.4 Å². The van der Waals surface area contributed by atoms with Crippen LogP contribution in [0.15, 0.2) is 36.4 Å². The van der Waals surface area contributed by atoms with Gasteiger partial charge in [-0.25, -0.2) is 9.78 Å². The highest BCUT2D eigenvalue weighted by atomic mass is 35.5. The molecule has 3 rings (SSSR count). The number of fused-ring (bicyclic) bond motifs is 1. The predicted molar refractivity (Wildman–Crippen MR) is 109 cm³/mol. The van der Waals surface area contributed by atoms with Crippen LogP contribution < -0.4 is 4.74 Å². The summed E-state index contributed by atoms with van der Waals surface area (Å²) in [6, 6.07) is 10.9. The Labute approximate surface area is 167 Å². The number of carboxylic acid groups (broad SMARTS) is 1. The van der Waals surface area contributed by atoms with E-state index in [1.165, 1.54) is 0 Å². The first kappa shape index (κ1) is 19.5. The van der Waals surface area contributed by atoms with Gasteiger partial charge in [0, 0.05) is 10.4 Å². The van der Waals surface area contributed by atoms with Gasteiger partial charge in [0.15, 0.2) is 5.69 Å². The van der Waals surface area contributed by atoms with E-state index in [2.05, 4.69) is 4.98 Å². The Kier molecular flexibility index (Phi) is 5.59. The van der Waals surface area contributed by atoms with Crippen LogP contribution in [-0.4, -0.2) is 22.7 Å². The monoisotopic (exact) mass is 403 g/mol. The minimum Gasteiger partial charge on any atom is -0.494 e. The maximum absolute atomic E-state index is 11.9. The number of rotatable bonds is 5. The van der Waals surface area contributed by atoms with Gasteiger partial charge in [0.1, 0.15) is 5.75 Å². The molecular formula is C21H19Cl2NO3. The number of carboxylic acids is 1. The number of pyridine rings is 1. The number of hydrogen-bond donors (Lipinski definition) is 1. The zero-order chi connectivity index (χ0) is 19.7. The van der Waals surface area contributed by atoms with E-state index in [0.29, 0.717) is 33.5 Å². The SMILES string of the molecule is CCOc1cccc(-c2c(C(C)C)c(C(=O)O)nc3c(Cl)cc(Cl)cc23)c1. The van der Waals surface area contributed by atoms with Crippen LogP contribution in [-0.2, 0) is 0 Å². The number of aromatic carboxylic acids is 1. The lowest BCUT2D eigenvalue weighted by Crippen LogP contribution is -2.10. The smallest absolute Gasteiger partial charge is 0.354 e. The van der Waals surface area contributed by atoms with E-state index in [4.69, 9.17) is 27.9 Å². The highest BCUT2D eigenvalue weighted by molar-refractivity contribution is 6.38. The van der Waals surface area contributed by atoms with Gasteiger partial charge >= 0.3 is 5.97 Å². The molecule has 0 aliphatic rings. The molecular weight excluding hydrogens is 385 g/mol. The fraction of sp³-hybridized carbons (Fsp3) is 0.238. The van der Waals surface area contributed by atoms with Crippen molar-refractivity contribution in [1.82, 2.24) is 4.98 Å². The van der Waals surface area contributed by atoms with Gasteiger partial charge in [-0.15, -0.1) is 0 Å². The molecule has 1 aromatic heterocycles. The van der Waals surface area contributed by atoms with E-state index < -0.39 is 5.97 Å². The van der Waals surface area contributed by atoms with Gasteiger partial charge in [-0.2, -0.15) is 0 Å². The fourth-order valence-electron chi connectivity index (χ4n) is 3.25. The quantitative estimate of drug-likeness (QED) is 0.532. The van der Waals surface area contributed by atoms with Crippen LogP contribution in [0.2, 0.25) is 10.0 Å². The lowest BCUT2D eigenvalue weighted by atomic mass is 9.88. The second kappa shape index (κ2) is 7.75. The van der Waals surface area contributed by atoms with Crippen LogP contribution in [0.3, 0.4) is 0 Å². The van der Waals surface area contributed by atoms with Crippen LogP contribution >= 0.6 is 23.2 Å². The van der Waals surface area contributed by atoms with Crippen LogP contribution in [0.25, 0.3) is 22.0 Å². The van der Waals surface area contributed by atoms with E-state index in [-0.39, 0.29) is 11.6 Å². The van der Waals surface area contributed by atoms with Gasteiger partial charge in [-0.1, -0.05) is 49.2 Å². The summed E-state index contributed by atoms with van der Waals surface area (Å²) < 4.78 is 5.62. The highest BCUT2D eigenvalue weighted by Gasteiger charge is 2.24. The van der Waals surface area contributed by atoms with Crippen molar-refractivity contribution in [2.45, 2.75) is 26.7 Å². The highest BCUT2D eigenvalue weighted by Crippen LogP contribution is 2.41. The number of ether oxygens (including phenoxy) is 1. The molecule has 6 heteroatoms. The van der Waals surface area contributed by atoms with Crippen molar-refractivity contribution in [1.29, 1.82) is 0 Å². The third-order valence-electron chi connectivity index (χ3n) is 4.26. The molecule has 0 atom stereocenters. The van der Waals surface area contributed by atoms with Crippen LogP contribution in [0.1, 0.15) is 42.7 Å². The average molecular weight is 404 g/mol. The molecule has 0 bridgehead atoms. The second-order valence-electron chi connectivity index (χ2n) is 6.45. The summed E-state index contributed by atoms with van der Waals surface area (Å²) in [6.07, 6.45) is 0. The van der Waals surface area contributed by atoms with E-state index in [1.54, 1.807) is 12.1 Å². The summed E-state index contributed by atoms with van der Waals surface area (Å²) in [5.74, 6) is -0.454. The lowest BCUT2D eigenvalue weighted by Gasteiger charge is -2.19. The van der Waals surface area contributed by atoms with Crippen molar-refractivity contribution < 1.29 is 14.6 Å². The van der Waals surface area contributed by atoms with Crippen LogP contribution in [0, 0.1) is 0 Å². The Morgan fingerprint density at radius 3 is 2.59 bits per heavy atom. The van der Waals surface area contributed by atoms with Crippen molar-refractivity contribution in [3.8, 4) is 16.9 Å². The largest absolute Gasteiger partial charge is 0.494 e. The molecule has 1 N–H and O–H groups in total. The third-order valence-corrected chi connectivity index (χ3v) is 4.77. The average Bonchev–Trinajstić information content (AvgIpc) is 2.60. The van der Waals surface area contributed by atoms with Gasteiger partial charge < -0.3 is 9.84 Å². The number of carbonyl (C=O) groups is 1. The van der Waals surface area contributed by atoms with Crippen LogP contribution in [0.4, 0.5) is 0 Å². The van der Waals surface area contributed by atoms with Crippen molar-refractivity contribution >= 4 is 40.1 Å². The molecule has 1 heterocycles. The van der Waals surface area contributed by atoms with Gasteiger partial charge in [0.05, 0.1) is 17.1 Å². The van der Waals surface area contributed by atoms with Gasteiger partial charge in [-0.3, -0.25) is 0 Å². The number of nitrogens with zero attached hydrogens (tertiary/aromatic N) is 1. The molecule has 2 aromatic carbocycles. The van der Waals surface area contributed by atoms with E-state index >= 15 is 0 Å². The Balaban J connectivity index is 2.49. The first-order valence-corrected chi connectivity index (χ1v) is 9.38. The molecule has 3 aromatic rings. The van der Waals surface area contributed by atoms with Crippen molar-refractivity contribution in [2.75, 3.05) is 6.61 Å². The normalized spacial score (nSPS) is 11.2. The maximum atomic E-state index is 11.9. The molecule has 0 amide bonds. The van der Waals surface area contributed by atoms with Crippen molar-refractivity contribution in [3.63, 3.8) is 0 Å². The molecule has 0 saturated carbocycles. The molecule has 0 saturated heterocycles. The fourth-order valence-corrected chi connectivity index (χ4v) is 3.79. The number of aromatic nitrogens is 1. The Bertz CT molecular complexity index is 1030. The molecule has 0 fully saturated rings. The van der Waals surface area contributed by atoms with Crippen molar-refractivity contribution in [2.24, 2.45) is 0 Å². The molecule has 0 aliphatic heterocycles.